The fourth-order valence-electron chi connectivity index (χ4n) is 9.31. The summed E-state index contributed by atoms with van der Waals surface area (Å²) in [5.41, 5.74) is 15.3. The van der Waals surface area contributed by atoms with Crippen molar-refractivity contribution in [1.82, 2.24) is 9.97 Å². The molecule has 2 heterocycles. The number of hydrogen-bond acceptors (Lipinski definition) is 4. The number of halogens is 2. The monoisotopic (exact) mass is 670 g/mol. The third-order valence-corrected chi connectivity index (χ3v) is 11.6. The van der Waals surface area contributed by atoms with Crippen molar-refractivity contribution in [1.29, 1.82) is 0 Å². The average Bonchev–Trinajstić information content (AvgIpc) is 3.05. The Morgan fingerprint density at radius 2 is 1.04 bits per heavy atom. The van der Waals surface area contributed by atoms with E-state index in [1.807, 2.05) is 24.3 Å². The summed E-state index contributed by atoms with van der Waals surface area (Å²) in [6, 6.07) is 21.3. The van der Waals surface area contributed by atoms with E-state index in [0.29, 0.717) is 23.7 Å². The third kappa shape index (κ3) is 5.47. The minimum absolute atomic E-state index is 0.512. The Balaban J connectivity index is 0.977. The molecule has 0 saturated heterocycles. The van der Waals surface area contributed by atoms with Crippen molar-refractivity contribution in [3.05, 3.63) is 128 Å². The van der Waals surface area contributed by atoms with Crippen molar-refractivity contribution < 1.29 is 0 Å². The lowest BCUT2D eigenvalue weighted by Gasteiger charge is -2.36. The quantitative estimate of drug-likeness (QED) is 0.176. The molecule has 242 valence electrons. The van der Waals surface area contributed by atoms with Crippen molar-refractivity contribution in [2.45, 2.75) is 77.3 Å². The van der Waals surface area contributed by atoms with Crippen molar-refractivity contribution in [2.24, 2.45) is 11.8 Å². The highest BCUT2D eigenvalue weighted by atomic mass is 35.5. The molecule has 9 rings (SSSR count). The molecule has 6 heteroatoms. The maximum Gasteiger partial charge on any atom is 0.0741 e. The van der Waals surface area contributed by atoms with Crippen molar-refractivity contribution in [3.63, 3.8) is 0 Å². The maximum atomic E-state index is 6.43. The van der Waals surface area contributed by atoms with Crippen molar-refractivity contribution >= 4 is 56.4 Å². The van der Waals surface area contributed by atoms with Crippen LogP contribution in [0.25, 0.3) is 21.8 Å². The summed E-state index contributed by atoms with van der Waals surface area (Å²) in [4.78, 5) is 10.3. The summed E-state index contributed by atoms with van der Waals surface area (Å²) in [7, 11) is 0. The number of nitrogens with one attached hydrogen (secondary N) is 2. The highest BCUT2D eigenvalue weighted by Crippen LogP contribution is 2.49. The molecule has 0 aliphatic heterocycles. The van der Waals surface area contributed by atoms with Gasteiger partial charge in [0.2, 0.25) is 0 Å². The van der Waals surface area contributed by atoms with E-state index in [0.717, 1.165) is 70.6 Å². The van der Waals surface area contributed by atoms with E-state index in [-0.39, 0.29) is 0 Å². The zero-order valence-electron chi connectivity index (χ0n) is 27.5. The van der Waals surface area contributed by atoms with Crippen LogP contribution >= 0.6 is 23.2 Å². The molecular weight excluding hydrogens is 631 g/mol. The first-order valence-electron chi connectivity index (χ1n) is 17.5. The van der Waals surface area contributed by atoms with Gasteiger partial charge in [0, 0.05) is 67.8 Å². The van der Waals surface area contributed by atoms with E-state index < -0.39 is 0 Å². The van der Waals surface area contributed by atoms with E-state index in [1.54, 1.807) is 0 Å². The zero-order valence-corrected chi connectivity index (χ0v) is 29.1. The topological polar surface area (TPSA) is 49.8 Å². The van der Waals surface area contributed by atoms with Gasteiger partial charge in [-0.05, 0) is 124 Å². The standard InChI is InChI=1S/C42H40Cl2N4/c1-23-11-27-15-29(13-23)39-37(17-27)47-35-19-31(43)7-9-33(35)41(39)45-21-25-3-5-26(6-4-25)22-46-42-34-10-8-32(44)20-36(34)48-38-18-28-12-24(2)14-30(16-28)40(38)42/h3-12,19-20,27-30H,13-18,21-22H2,1-2H3,(H,45,47)(H,46,48)/t27-,28-,29+,30+/m1/s1. The Morgan fingerprint density at radius 3 is 1.48 bits per heavy atom. The van der Waals surface area contributed by atoms with Gasteiger partial charge in [-0.2, -0.15) is 0 Å². The van der Waals surface area contributed by atoms with Crippen molar-refractivity contribution in [3.8, 4) is 0 Å². The molecule has 4 bridgehead atoms. The molecular formula is C42H40Cl2N4. The highest BCUT2D eigenvalue weighted by molar-refractivity contribution is 6.31. The fourth-order valence-corrected chi connectivity index (χ4v) is 9.64. The molecule has 5 aromatic rings. The van der Waals surface area contributed by atoms with Crippen LogP contribution in [-0.4, -0.2) is 9.97 Å². The molecule has 4 nitrogen and oxygen atoms in total. The molecule has 4 aliphatic rings. The SMILES string of the molecule is CC1=C[C@H]2Cc3nc4cc(Cl)ccc4c(NCc4ccc(CNc5c6c(nc7cc(Cl)ccc57)C[C@@H]5C=C(C)C[C@H]6C5)cc4)c3[C@@H](C1)C2. The number of hydrogen-bond donors (Lipinski definition) is 2. The van der Waals surface area contributed by atoms with Crippen LogP contribution in [-0.2, 0) is 25.9 Å². The lowest BCUT2D eigenvalue weighted by Crippen LogP contribution is -2.24. The number of nitrogens with zero attached hydrogens (tertiary/aromatic N) is 2. The molecule has 4 aliphatic carbocycles. The lowest BCUT2D eigenvalue weighted by atomic mass is 9.71. The number of pyridine rings is 2. The second-order valence-corrected chi connectivity index (χ2v) is 15.6. The smallest absolute Gasteiger partial charge is 0.0741 e. The highest BCUT2D eigenvalue weighted by Gasteiger charge is 2.35. The fraction of sp³-hybridized carbons (Fsp3) is 0.333. The molecule has 0 saturated carbocycles. The van der Waals surface area contributed by atoms with Gasteiger partial charge in [-0.1, -0.05) is 70.8 Å². The summed E-state index contributed by atoms with van der Waals surface area (Å²) < 4.78 is 0. The van der Waals surface area contributed by atoms with Crippen LogP contribution in [0.3, 0.4) is 0 Å². The van der Waals surface area contributed by atoms with Crippen LogP contribution in [0.4, 0.5) is 11.4 Å². The predicted molar refractivity (Wildman–Crippen MR) is 200 cm³/mol. The first-order valence-corrected chi connectivity index (χ1v) is 18.2. The van der Waals surface area contributed by atoms with Gasteiger partial charge < -0.3 is 10.6 Å². The number of rotatable bonds is 6. The third-order valence-electron chi connectivity index (χ3n) is 11.2. The molecule has 0 amide bonds. The second-order valence-electron chi connectivity index (χ2n) is 14.8. The van der Waals surface area contributed by atoms with Gasteiger partial charge >= 0.3 is 0 Å². The van der Waals surface area contributed by atoms with E-state index >= 15 is 0 Å². The Kier molecular flexibility index (Phi) is 7.51. The molecule has 2 N–H and O–H groups in total. The van der Waals surface area contributed by atoms with Gasteiger partial charge in [0.1, 0.15) is 0 Å². The van der Waals surface area contributed by atoms with Crippen LogP contribution in [0.15, 0.2) is 84.0 Å². The van der Waals surface area contributed by atoms with Gasteiger partial charge in [0.05, 0.1) is 11.0 Å². The molecule has 0 fully saturated rings. The number of fused-ring (bicyclic) bond motifs is 10. The molecule has 3 aromatic carbocycles. The molecule has 0 spiro atoms. The van der Waals surface area contributed by atoms with E-state index in [2.05, 4.69) is 73.0 Å². The van der Waals surface area contributed by atoms with E-state index in [4.69, 9.17) is 33.2 Å². The first kappa shape index (κ1) is 30.2. The van der Waals surface area contributed by atoms with Crippen LogP contribution in [0.1, 0.15) is 85.0 Å². The first-order chi connectivity index (χ1) is 23.3. The summed E-state index contributed by atoms with van der Waals surface area (Å²) in [5.74, 6) is 2.20. The van der Waals surface area contributed by atoms with Crippen LogP contribution < -0.4 is 10.6 Å². The maximum absolute atomic E-state index is 6.43. The largest absolute Gasteiger partial charge is 0.380 e. The number of aromatic nitrogens is 2. The molecule has 4 atom stereocenters. The van der Waals surface area contributed by atoms with E-state index in [1.165, 1.54) is 69.0 Å². The number of allylic oxidation sites excluding steroid dienone is 4. The van der Waals surface area contributed by atoms with Gasteiger partial charge in [-0.15, -0.1) is 0 Å². The summed E-state index contributed by atoms with van der Waals surface area (Å²) in [6.07, 6.45) is 11.6. The van der Waals surface area contributed by atoms with Crippen LogP contribution in [0, 0.1) is 11.8 Å². The Morgan fingerprint density at radius 1 is 0.604 bits per heavy atom. The average molecular weight is 672 g/mol. The Hall–Kier alpha value is -3.86. The van der Waals surface area contributed by atoms with Crippen LogP contribution in [0.5, 0.6) is 0 Å². The summed E-state index contributed by atoms with van der Waals surface area (Å²) in [6.45, 7) is 6.08. The summed E-state index contributed by atoms with van der Waals surface area (Å²) >= 11 is 12.9. The van der Waals surface area contributed by atoms with Crippen LogP contribution in [0.2, 0.25) is 10.0 Å². The van der Waals surface area contributed by atoms with Gasteiger partial charge in [0.25, 0.3) is 0 Å². The summed E-state index contributed by atoms with van der Waals surface area (Å²) in [5, 5.41) is 11.6. The van der Waals surface area contributed by atoms with Gasteiger partial charge in [-0.25, -0.2) is 0 Å². The zero-order chi connectivity index (χ0) is 32.5. The minimum Gasteiger partial charge on any atom is -0.380 e. The minimum atomic E-state index is 0.512. The molecule has 0 unspecified atom stereocenters. The predicted octanol–water partition coefficient (Wildman–Crippen LogP) is 11.3. The number of benzene rings is 3. The Labute approximate surface area is 292 Å². The number of anilines is 2. The van der Waals surface area contributed by atoms with Crippen molar-refractivity contribution in [2.75, 3.05) is 10.6 Å². The molecule has 2 aromatic heterocycles. The van der Waals surface area contributed by atoms with Gasteiger partial charge in [0.15, 0.2) is 0 Å². The normalized spacial score (nSPS) is 22.5. The second kappa shape index (κ2) is 11.9. The molecule has 0 radical (unpaired) electrons. The lowest BCUT2D eigenvalue weighted by molar-refractivity contribution is 0.433. The van der Waals surface area contributed by atoms with Gasteiger partial charge in [-0.3, -0.25) is 9.97 Å². The molecule has 48 heavy (non-hydrogen) atoms. The van der Waals surface area contributed by atoms with E-state index in [9.17, 15) is 0 Å². The Bertz CT molecular complexity index is 2010.